The maximum absolute atomic E-state index is 14.0. The fraction of sp³-hybridized carbons (Fsp3) is 0.0476. The van der Waals surface area contributed by atoms with Gasteiger partial charge in [-0.2, -0.15) is 4.98 Å². The summed E-state index contributed by atoms with van der Waals surface area (Å²) in [5, 5.41) is 6.17. The number of rotatable bonds is 6. The van der Waals surface area contributed by atoms with Crippen molar-refractivity contribution in [3.63, 3.8) is 0 Å². The smallest absolute Gasteiger partial charge is 0.225 e. The Kier molecular flexibility index (Phi) is 4.78. The highest BCUT2D eigenvalue weighted by Gasteiger charge is 2.09. The Hall–Kier alpha value is -3.67. The molecule has 0 unspecified atom stereocenters. The van der Waals surface area contributed by atoms with E-state index in [1.54, 1.807) is 30.5 Å². The third kappa shape index (κ3) is 4.12. The van der Waals surface area contributed by atoms with E-state index < -0.39 is 0 Å². The lowest BCUT2D eigenvalue weighted by molar-refractivity contribution is 0.517. The van der Waals surface area contributed by atoms with Gasteiger partial charge in [-0.15, -0.1) is 0 Å². The standard InChI is InChI=1S/C21H17FN4O/c22-17-10-4-5-11-18(17)24-20-13-19(15-7-2-1-3-8-15)25-21(26-20)23-14-16-9-6-12-27-16/h1-13H,14H2,(H2,23,24,25,26). The van der Waals surface area contributed by atoms with Crippen LogP contribution in [0.3, 0.4) is 0 Å². The molecular weight excluding hydrogens is 343 g/mol. The minimum Gasteiger partial charge on any atom is -0.467 e. The van der Waals surface area contributed by atoms with Gasteiger partial charge in [-0.1, -0.05) is 42.5 Å². The van der Waals surface area contributed by atoms with E-state index in [-0.39, 0.29) is 5.82 Å². The predicted molar refractivity (Wildman–Crippen MR) is 103 cm³/mol. The maximum Gasteiger partial charge on any atom is 0.225 e. The fourth-order valence-electron chi connectivity index (χ4n) is 2.63. The van der Waals surface area contributed by atoms with Crippen LogP contribution >= 0.6 is 0 Å². The van der Waals surface area contributed by atoms with Crippen LogP contribution in [0.1, 0.15) is 5.76 Å². The molecule has 27 heavy (non-hydrogen) atoms. The highest BCUT2D eigenvalue weighted by atomic mass is 19.1. The molecule has 134 valence electrons. The second-order valence-corrected chi connectivity index (χ2v) is 5.87. The molecule has 0 aliphatic rings. The molecule has 0 radical (unpaired) electrons. The third-order valence-electron chi connectivity index (χ3n) is 3.93. The molecule has 0 bridgehead atoms. The molecule has 4 aromatic rings. The summed E-state index contributed by atoms with van der Waals surface area (Å²) in [6.07, 6.45) is 1.61. The van der Waals surface area contributed by atoms with Crippen LogP contribution in [0.15, 0.2) is 83.5 Å². The van der Waals surface area contributed by atoms with Crippen molar-refractivity contribution < 1.29 is 8.81 Å². The van der Waals surface area contributed by atoms with E-state index in [1.807, 2.05) is 42.5 Å². The summed E-state index contributed by atoms with van der Waals surface area (Å²) in [4.78, 5) is 9.02. The van der Waals surface area contributed by atoms with Gasteiger partial charge in [0.2, 0.25) is 5.95 Å². The quantitative estimate of drug-likeness (QED) is 0.493. The van der Waals surface area contributed by atoms with Crippen LogP contribution in [0.4, 0.5) is 21.8 Å². The summed E-state index contributed by atoms with van der Waals surface area (Å²) < 4.78 is 19.3. The summed E-state index contributed by atoms with van der Waals surface area (Å²) in [6.45, 7) is 0.449. The average Bonchev–Trinajstić information content (AvgIpc) is 3.22. The first-order valence-electron chi connectivity index (χ1n) is 8.50. The van der Waals surface area contributed by atoms with Crippen molar-refractivity contribution in [2.75, 3.05) is 10.6 Å². The van der Waals surface area contributed by atoms with Gasteiger partial charge < -0.3 is 15.1 Å². The molecule has 0 saturated carbocycles. The summed E-state index contributed by atoms with van der Waals surface area (Å²) in [7, 11) is 0. The zero-order valence-electron chi connectivity index (χ0n) is 14.4. The Morgan fingerprint density at radius 3 is 2.48 bits per heavy atom. The Bertz CT molecular complexity index is 1020. The maximum atomic E-state index is 14.0. The summed E-state index contributed by atoms with van der Waals surface area (Å²) in [5.74, 6) is 1.34. The number of nitrogens with one attached hydrogen (secondary N) is 2. The van der Waals surface area contributed by atoms with Crippen LogP contribution in [-0.2, 0) is 6.54 Å². The molecule has 0 spiro atoms. The minimum absolute atomic E-state index is 0.345. The molecular formula is C21H17FN4O. The van der Waals surface area contributed by atoms with E-state index in [2.05, 4.69) is 20.6 Å². The van der Waals surface area contributed by atoms with Crippen LogP contribution in [0.5, 0.6) is 0 Å². The number of para-hydroxylation sites is 1. The van der Waals surface area contributed by atoms with Gasteiger partial charge in [-0.25, -0.2) is 9.37 Å². The Morgan fingerprint density at radius 2 is 1.70 bits per heavy atom. The Morgan fingerprint density at radius 1 is 0.889 bits per heavy atom. The lowest BCUT2D eigenvalue weighted by Crippen LogP contribution is -2.06. The third-order valence-corrected chi connectivity index (χ3v) is 3.93. The highest BCUT2D eigenvalue weighted by Crippen LogP contribution is 2.24. The molecule has 2 heterocycles. The van der Waals surface area contributed by atoms with E-state index in [4.69, 9.17) is 4.42 Å². The van der Waals surface area contributed by atoms with Crippen molar-refractivity contribution in [3.05, 3.63) is 90.6 Å². The van der Waals surface area contributed by atoms with Crippen LogP contribution < -0.4 is 10.6 Å². The molecule has 0 fully saturated rings. The number of halogens is 1. The molecule has 0 atom stereocenters. The Balaban J connectivity index is 1.66. The van der Waals surface area contributed by atoms with Crippen molar-refractivity contribution in [2.24, 2.45) is 0 Å². The van der Waals surface area contributed by atoms with Crippen molar-refractivity contribution in [3.8, 4) is 11.3 Å². The molecule has 0 aliphatic carbocycles. The van der Waals surface area contributed by atoms with E-state index >= 15 is 0 Å². The predicted octanol–water partition coefficient (Wildman–Crippen LogP) is 5.23. The fourth-order valence-corrected chi connectivity index (χ4v) is 2.63. The number of hydrogen-bond donors (Lipinski definition) is 2. The van der Waals surface area contributed by atoms with Crippen LogP contribution in [0.2, 0.25) is 0 Å². The average molecular weight is 360 g/mol. The van der Waals surface area contributed by atoms with E-state index in [9.17, 15) is 4.39 Å². The SMILES string of the molecule is Fc1ccccc1Nc1cc(-c2ccccc2)nc(NCc2ccco2)n1. The molecule has 2 aromatic heterocycles. The lowest BCUT2D eigenvalue weighted by Gasteiger charge is -2.11. The molecule has 0 amide bonds. The van der Waals surface area contributed by atoms with Gasteiger partial charge >= 0.3 is 0 Å². The monoisotopic (exact) mass is 360 g/mol. The number of nitrogens with zero attached hydrogens (tertiary/aromatic N) is 2. The minimum atomic E-state index is -0.345. The lowest BCUT2D eigenvalue weighted by atomic mass is 10.1. The van der Waals surface area contributed by atoms with E-state index in [0.29, 0.717) is 24.0 Å². The second kappa shape index (κ2) is 7.70. The zero-order chi connectivity index (χ0) is 18.5. The van der Waals surface area contributed by atoms with Crippen molar-refractivity contribution in [2.45, 2.75) is 6.54 Å². The van der Waals surface area contributed by atoms with Crippen LogP contribution in [0.25, 0.3) is 11.3 Å². The van der Waals surface area contributed by atoms with Crippen molar-refractivity contribution in [1.29, 1.82) is 0 Å². The highest BCUT2D eigenvalue weighted by molar-refractivity contribution is 5.67. The topological polar surface area (TPSA) is 63.0 Å². The van der Waals surface area contributed by atoms with E-state index in [0.717, 1.165) is 17.0 Å². The van der Waals surface area contributed by atoms with Crippen molar-refractivity contribution in [1.82, 2.24) is 9.97 Å². The first-order valence-corrected chi connectivity index (χ1v) is 8.50. The van der Waals surface area contributed by atoms with Gasteiger partial charge in [0, 0.05) is 11.6 Å². The summed E-state index contributed by atoms with van der Waals surface area (Å²) in [6, 6.07) is 21.7. The van der Waals surface area contributed by atoms with Gasteiger partial charge in [-0.3, -0.25) is 0 Å². The van der Waals surface area contributed by atoms with Gasteiger partial charge in [0.1, 0.15) is 17.4 Å². The molecule has 5 nitrogen and oxygen atoms in total. The molecule has 0 saturated heterocycles. The molecule has 2 aromatic carbocycles. The van der Waals surface area contributed by atoms with Crippen LogP contribution in [-0.4, -0.2) is 9.97 Å². The van der Waals surface area contributed by atoms with Gasteiger partial charge in [-0.05, 0) is 24.3 Å². The number of furan rings is 1. The molecule has 2 N–H and O–H groups in total. The van der Waals surface area contributed by atoms with Gasteiger partial charge in [0.25, 0.3) is 0 Å². The molecule has 4 rings (SSSR count). The molecule has 6 heteroatoms. The van der Waals surface area contributed by atoms with Crippen molar-refractivity contribution >= 4 is 17.5 Å². The zero-order valence-corrected chi connectivity index (χ0v) is 14.4. The normalized spacial score (nSPS) is 10.6. The number of benzene rings is 2. The van der Waals surface area contributed by atoms with Gasteiger partial charge in [0.15, 0.2) is 0 Å². The number of anilines is 3. The van der Waals surface area contributed by atoms with Gasteiger partial charge in [0.05, 0.1) is 24.2 Å². The van der Waals surface area contributed by atoms with Crippen LogP contribution in [0, 0.1) is 5.82 Å². The number of aromatic nitrogens is 2. The Labute approximate surface area is 155 Å². The summed E-state index contributed by atoms with van der Waals surface area (Å²) >= 11 is 0. The first kappa shape index (κ1) is 16.8. The number of hydrogen-bond acceptors (Lipinski definition) is 5. The molecule has 0 aliphatic heterocycles. The first-order chi connectivity index (χ1) is 13.3. The second-order valence-electron chi connectivity index (χ2n) is 5.87. The van der Waals surface area contributed by atoms with E-state index in [1.165, 1.54) is 6.07 Å². The summed E-state index contributed by atoms with van der Waals surface area (Å²) in [5.41, 5.74) is 2.02. The largest absolute Gasteiger partial charge is 0.467 e.